The van der Waals surface area contributed by atoms with Gasteiger partial charge in [-0.05, 0) is 12.3 Å². The molecule has 17 heavy (non-hydrogen) atoms. The zero-order chi connectivity index (χ0) is 13.6. The molecule has 7 heteroatoms. The van der Waals surface area contributed by atoms with Crippen molar-refractivity contribution < 1.29 is 18.9 Å². The molecular weight excluding hydrogens is 244 g/mol. The minimum absolute atomic E-state index is 0.0650. The van der Waals surface area contributed by atoms with Crippen LogP contribution in [0.1, 0.15) is 20.3 Å². The lowest BCUT2D eigenvalue weighted by Crippen LogP contribution is -2.50. The van der Waals surface area contributed by atoms with Crippen molar-refractivity contribution in [2.45, 2.75) is 32.4 Å². The Bertz CT molecular complexity index is 307. The van der Waals surface area contributed by atoms with Gasteiger partial charge in [0.2, 0.25) is 5.91 Å². The molecular formula is C10H20N2O4S. The number of carbonyl (C=O) groups excluding carboxylic acids is 1. The number of amides is 1. The second kappa shape index (κ2) is 7.39. The van der Waals surface area contributed by atoms with Crippen LogP contribution in [0.5, 0.6) is 0 Å². The Morgan fingerprint density at radius 2 is 1.94 bits per heavy atom. The molecule has 0 saturated carbocycles. The summed E-state index contributed by atoms with van der Waals surface area (Å²) in [4.78, 5) is 22.5. The minimum Gasteiger partial charge on any atom is -0.480 e. The van der Waals surface area contributed by atoms with E-state index in [-0.39, 0.29) is 18.1 Å². The van der Waals surface area contributed by atoms with Crippen LogP contribution >= 0.6 is 0 Å². The van der Waals surface area contributed by atoms with Gasteiger partial charge in [-0.1, -0.05) is 13.8 Å². The Morgan fingerprint density at radius 1 is 1.41 bits per heavy atom. The average molecular weight is 264 g/mol. The summed E-state index contributed by atoms with van der Waals surface area (Å²) in [5.74, 6) is -1.47. The number of nitrogens with one attached hydrogen (secondary N) is 1. The van der Waals surface area contributed by atoms with Gasteiger partial charge in [0, 0.05) is 22.8 Å². The number of carbonyl (C=O) groups is 2. The Labute approximate surface area is 103 Å². The first-order valence-corrected chi connectivity index (χ1v) is 7.07. The maximum Gasteiger partial charge on any atom is 0.326 e. The summed E-state index contributed by atoms with van der Waals surface area (Å²) in [5, 5.41) is 11.3. The fraction of sp³-hybridized carbons (Fsp3) is 0.800. The van der Waals surface area contributed by atoms with Crippen LogP contribution in [0.25, 0.3) is 0 Å². The van der Waals surface area contributed by atoms with Crippen LogP contribution in [0.15, 0.2) is 0 Å². The molecule has 0 radical (unpaired) electrons. The highest BCUT2D eigenvalue weighted by atomic mass is 32.2. The third kappa shape index (κ3) is 6.38. The van der Waals surface area contributed by atoms with Gasteiger partial charge in [-0.25, -0.2) is 4.79 Å². The normalized spacial score (nSPS) is 16.3. The van der Waals surface area contributed by atoms with Gasteiger partial charge in [-0.2, -0.15) is 0 Å². The van der Waals surface area contributed by atoms with Crippen LogP contribution < -0.4 is 11.1 Å². The lowest BCUT2D eigenvalue weighted by atomic mass is 10.0. The van der Waals surface area contributed by atoms with E-state index >= 15 is 0 Å². The van der Waals surface area contributed by atoms with E-state index in [1.807, 2.05) is 0 Å². The second-order valence-corrected chi connectivity index (χ2v) is 5.79. The first-order chi connectivity index (χ1) is 7.75. The Hall–Kier alpha value is -0.950. The molecule has 4 N–H and O–H groups in total. The lowest BCUT2D eigenvalue weighted by Gasteiger charge is -2.19. The largest absolute Gasteiger partial charge is 0.480 e. The van der Waals surface area contributed by atoms with Gasteiger partial charge < -0.3 is 16.2 Å². The molecule has 0 aromatic carbocycles. The molecule has 1 amide bonds. The first kappa shape index (κ1) is 16.1. The van der Waals surface area contributed by atoms with Gasteiger partial charge >= 0.3 is 5.97 Å². The Morgan fingerprint density at radius 3 is 2.29 bits per heavy atom. The smallest absolute Gasteiger partial charge is 0.326 e. The number of nitrogens with two attached hydrogens (primary N) is 1. The minimum atomic E-state index is -1.14. The van der Waals surface area contributed by atoms with Crippen molar-refractivity contribution in [2.24, 2.45) is 11.7 Å². The number of aliphatic carboxylic acids is 1. The highest BCUT2D eigenvalue weighted by molar-refractivity contribution is 7.84. The topological polar surface area (TPSA) is 109 Å². The van der Waals surface area contributed by atoms with Gasteiger partial charge in [0.15, 0.2) is 0 Å². The number of rotatable bonds is 7. The van der Waals surface area contributed by atoms with Crippen molar-refractivity contribution in [3.8, 4) is 0 Å². The highest BCUT2D eigenvalue weighted by Crippen LogP contribution is 2.01. The van der Waals surface area contributed by atoms with Gasteiger partial charge in [-0.3, -0.25) is 9.00 Å². The van der Waals surface area contributed by atoms with E-state index in [0.29, 0.717) is 0 Å². The van der Waals surface area contributed by atoms with Gasteiger partial charge in [0.05, 0.1) is 6.04 Å². The van der Waals surface area contributed by atoms with Crippen molar-refractivity contribution in [2.75, 3.05) is 12.0 Å². The molecule has 3 atom stereocenters. The highest BCUT2D eigenvalue weighted by Gasteiger charge is 2.24. The summed E-state index contributed by atoms with van der Waals surface area (Å²) >= 11 is 0. The number of hydrogen-bond donors (Lipinski definition) is 3. The first-order valence-electron chi connectivity index (χ1n) is 5.34. The summed E-state index contributed by atoms with van der Waals surface area (Å²) in [6, 6.07) is -1.76. The van der Waals surface area contributed by atoms with Crippen molar-refractivity contribution in [3.63, 3.8) is 0 Å². The number of hydrogen-bond acceptors (Lipinski definition) is 4. The SMILES string of the molecule is CC(C)C(N)C(=O)NC(CCS(C)=O)C(=O)O. The molecule has 0 heterocycles. The van der Waals surface area contributed by atoms with Crippen molar-refractivity contribution >= 4 is 22.7 Å². The van der Waals surface area contributed by atoms with Gasteiger partial charge in [0.25, 0.3) is 0 Å². The predicted octanol–water partition coefficient (Wildman–Crippen LogP) is -0.692. The molecule has 0 aromatic rings. The quantitative estimate of drug-likeness (QED) is 0.563. The summed E-state index contributed by atoms with van der Waals surface area (Å²) in [6.45, 7) is 3.56. The van der Waals surface area contributed by atoms with Crippen molar-refractivity contribution in [1.29, 1.82) is 0 Å². The molecule has 3 unspecified atom stereocenters. The molecule has 0 aromatic heterocycles. The van der Waals surface area contributed by atoms with E-state index < -0.39 is 34.8 Å². The summed E-state index contributed by atoms with van der Waals surface area (Å²) < 4.78 is 10.9. The van der Waals surface area contributed by atoms with Crippen LogP contribution in [-0.4, -0.2) is 45.3 Å². The molecule has 0 aliphatic heterocycles. The van der Waals surface area contributed by atoms with Gasteiger partial charge in [0.1, 0.15) is 6.04 Å². The third-order valence-electron chi connectivity index (χ3n) is 2.33. The fourth-order valence-corrected chi connectivity index (χ4v) is 1.68. The zero-order valence-corrected chi connectivity index (χ0v) is 11.1. The molecule has 0 saturated heterocycles. The molecule has 0 rings (SSSR count). The maximum atomic E-state index is 11.6. The molecule has 6 nitrogen and oxygen atoms in total. The Kier molecular flexibility index (Phi) is 6.98. The lowest BCUT2D eigenvalue weighted by molar-refractivity contribution is -0.142. The van der Waals surface area contributed by atoms with E-state index in [0.717, 1.165) is 0 Å². The van der Waals surface area contributed by atoms with E-state index in [4.69, 9.17) is 10.8 Å². The van der Waals surface area contributed by atoms with E-state index in [2.05, 4.69) is 5.32 Å². The standard InChI is InChI=1S/C10H20N2O4S/c1-6(2)8(11)9(13)12-7(10(14)15)4-5-17(3)16/h6-8H,4-5,11H2,1-3H3,(H,12,13)(H,14,15). The molecule has 0 aliphatic carbocycles. The van der Waals surface area contributed by atoms with Crippen LogP contribution in [0.3, 0.4) is 0 Å². The Balaban J connectivity index is 4.39. The molecule has 0 aliphatic rings. The van der Waals surface area contributed by atoms with Crippen LogP contribution in [0.4, 0.5) is 0 Å². The maximum absolute atomic E-state index is 11.6. The van der Waals surface area contributed by atoms with Crippen molar-refractivity contribution in [3.05, 3.63) is 0 Å². The molecule has 0 fully saturated rings. The fourth-order valence-electron chi connectivity index (χ4n) is 1.11. The van der Waals surface area contributed by atoms with Crippen molar-refractivity contribution in [1.82, 2.24) is 5.32 Å². The average Bonchev–Trinajstić information content (AvgIpc) is 2.21. The van der Waals surface area contributed by atoms with Crippen LogP contribution in [0, 0.1) is 5.92 Å². The molecule has 0 spiro atoms. The van der Waals surface area contributed by atoms with Crippen LogP contribution in [0.2, 0.25) is 0 Å². The van der Waals surface area contributed by atoms with E-state index in [9.17, 15) is 13.8 Å². The van der Waals surface area contributed by atoms with Crippen LogP contribution in [-0.2, 0) is 20.4 Å². The summed E-state index contributed by atoms with van der Waals surface area (Å²) in [6.07, 6.45) is 1.62. The molecule has 0 bridgehead atoms. The monoisotopic (exact) mass is 264 g/mol. The zero-order valence-electron chi connectivity index (χ0n) is 10.3. The number of carboxylic acids is 1. The van der Waals surface area contributed by atoms with E-state index in [1.54, 1.807) is 13.8 Å². The van der Waals surface area contributed by atoms with Gasteiger partial charge in [-0.15, -0.1) is 0 Å². The predicted molar refractivity (Wildman–Crippen MR) is 65.9 cm³/mol. The summed E-state index contributed by atoms with van der Waals surface area (Å²) in [5.41, 5.74) is 5.60. The number of carboxylic acid groups (broad SMARTS) is 1. The summed E-state index contributed by atoms with van der Waals surface area (Å²) in [7, 11) is -1.08. The third-order valence-corrected chi connectivity index (χ3v) is 3.14. The second-order valence-electron chi connectivity index (χ2n) is 4.24. The van der Waals surface area contributed by atoms with E-state index in [1.165, 1.54) is 6.26 Å². The molecule has 100 valence electrons.